The fraction of sp³-hybridized carbons (Fsp3) is 0.744. The van der Waals surface area contributed by atoms with Crippen LogP contribution in [0.15, 0.2) is 121 Å². The summed E-state index contributed by atoms with van der Waals surface area (Å²) in [6, 6.07) is 13.8. The van der Waals surface area contributed by atoms with Gasteiger partial charge in [0, 0.05) is 194 Å². The SMILES string of the molecule is CC(C)N1C=CCC1.CC(C)N1C=CCC1.CC(C)N1C=CNC1.CC(C)N1C=NCC1.CC(C)N1CC=CC1.CC(C)N1CCC=N1.CC(C)N1CCCC1.CC(C)N1CCCC1.CC(C)N1CCNC1.CC(C)n1cccc1.CC(C)n1cccn1.CC(C)n1ccnc1. The van der Waals surface area contributed by atoms with Gasteiger partial charge in [0.15, 0.2) is 0 Å². The second kappa shape index (κ2) is 53.6. The maximum Gasteiger partial charge on any atom is 0.0948 e. The lowest BCUT2D eigenvalue weighted by molar-refractivity contribution is 0.258. The molecule has 0 bridgehead atoms. The lowest BCUT2D eigenvalue weighted by Gasteiger charge is -2.19. The highest BCUT2D eigenvalue weighted by Crippen LogP contribution is 2.13. The predicted octanol–water partition coefficient (Wildman–Crippen LogP) is 15.3. The third-order valence-electron chi connectivity index (χ3n) is 17.4. The van der Waals surface area contributed by atoms with Gasteiger partial charge < -0.3 is 49.2 Å². The zero-order valence-electron chi connectivity index (χ0n) is 66.2. The van der Waals surface area contributed by atoms with Gasteiger partial charge in [-0.2, -0.15) is 10.2 Å². The van der Waals surface area contributed by atoms with E-state index in [1.807, 2.05) is 60.4 Å². The minimum atomic E-state index is 0.491. The summed E-state index contributed by atoms with van der Waals surface area (Å²) in [6.07, 6.45) is 43.9. The fourth-order valence-corrected chi connectivity index (χ4v) is 10.4. The maximum absolute atomic E-state index is 4.14. The van der Waals surface area contributed by atoms with Gasteiger partial charge >= 0.3 is 0 Å². The molecule has 0 radical (unpaired) electrons. The third-order valence-corrected chi connectivity index (χ3v) is 17.4. The van der Waals surface area contributed by atoms with Crippen LogP contribution in [0.3, 0.4) is 0 Å². The van der Waals surface area contributed by atoms with Crippen molar-refractivity contribution < 1.29 is 0 Å². The minimum Gasteiger partial charge on any atom is -0.375 e. The van der Waals surface area contributed by atoms with Crippen molar-refractivity contribution in [1.29, 1.82) is 0 Å². The number of aliphatic imine (C=N–C) groups is 1. The number of rotatable bonds is 12. The number of nitrogens with zero attached hydrogens (tertiary/aromatic N) is 16. The molecule has 18 nitrogen and oxygen atoms in total. The molecule has 0 spiro atoms. The lowest BCUT2D eigenvalue weighted by atomic mass is 10.3. The Hall–Kier alpha value is -5.40. The summed E-state index contributed by atoms with van der Waals surface area (Å²) in [7, 11) is 0. The summed E-state index contributed by atoms with van der Waals surface area (Å²) in [5, 5.41) is 16.7. The quantitative estimate of drug-likeness (QED) is 0.168. The first-order chi connectivity index (χ1) is 45.7. The van der Waals surface area contributed by atoms with Crippen molar-refractivity contribution in [3.05, 3.63) is 111 Å². The van der Waals surface area contributed by atoms with E-state index in [9.17, 15) is 0 Å². The number of hydrazone groups is 1. The predicted molar refractivity (Wildman–Crippen MR) is 418 cm³/mol. The van der Waals surface area contributed by atoms with E-state index >= 15 is 0 Å². The van der Waals surface area contributed by atoms with Crippen molar-refractivity contribution >= 4 is 12.6 Å². The van der Waals surface area contributed by atoms with Gasteiger partial charge in [-0.05, 0) is 261 Å². The van der Waals surface area contributed by atoms with E-state index < -0.39 is 0 Å². The molecule has 3 fully saturated rings. The molecular weight excluding hydrogens is 1190 g/mol. The average molecular weight is 1340 g/mol. The molecule has 3 aromatic heterocycles. The Morgan fingerprint density at radius 2 is 0.885 bits per heavy atom. The van der Waals surface area contributed by atoms with E-state index in [2.05, 4.69) is 306 Å². The van der Waals surface area contributed by atoms with Crippen molar-refractivity contribution in [3.63, 3.8) is 0 Å². The van der Waals surface area contributed by atoms with E-state index in [0.29, 0.717) is 60.4 Å². The topological polar surface area (TPSA) is 119 Å². The Morgan fingerprint density at radius 3 is 1.09 bits per heavy atom. The van der Waals surface area contributed by atoms with Crippen molar-refractivity contribution in [3.8, 4) is 0 Å². The summed E-state index contributed by atoms with van der Waals surface area (Å²) >= 11 is 0. The number of hydrogen-bond donors (Lipinski definition) is 2. The smallest absolute Gasteiger partial charge is 0.0948 e. The van der Waals surface area contributed by atoms with Crippen molar-refractivity contribution in [1.82, 2.24) is 78.7 Å². The van der Waals surface area contributed by atoms with Gasteiger partial charge in [-0.15, -0.1) is 0 Å². The molecule has 3 saturated heterocycles. The van der Waals surface area contributed by atoms with E-state index in [1.54, 1.807) is 12.4 Å². The Morgan fingerprint density at radius 1 is 0.375 bits per heavy atom. The summed E-state index contributed by atoms with van der Waals surface area (Å²) < 4.78 is 6.14. The van der Waals surface area contributed by atoms with Crippen LogP contribution >= 0.6 is 0 Å². The number of imidazole rings is 1. The maximum atomic E-state index is 4.14. The monoisotopic (exact) mass is 1340 g/mol. The first kappa shape index (κ1) is 88.6. The minimum absolute atomic E-state index is 0.491. The van der Waals surface area contributed by atoms with Crippen molar-refractivity contribution in [2.24, 2.45) is 10.1 Å². The molecule has 0 saturated carbocycles. The number of nitrogens with one attached hydrogen (secondary N) is 2. The molecule has 0 atom stereocenters. The van der Waals surface area contributed by atoms with Crippen LogP contribution in [0, 0.1) is 0 Å². The Balaban J connectivity index is 0.000000524. The van der Waals surface area contributed by atoms with Gasteiger partial charge in [0.2, 0.25) is 0 Å². The molecule has 0 aliphatic carbocycles. The molecular formula is C78H150N18. The van der Waals surface area contributed by atoms with Gasteiger partial charge in [0.25, 0.3) is 0 Å². The molecule has 552 valence electrons. The molecule has 0 aromatic carbocycles. The van der Waals surface area contributed by atoms with E-state index in [-0.39, 0.29) is 0 Å². The Bertz CT molecular complexity index is 2050. The summed E-state index contributed by atoms with van der Waals surface area (Å²) in [6.45, 7) is 70.4. The number of hydrogen-bond acceptors (Lipinski definition) is 15. The number of aromatic nitrogens is 5. The molecule has 0 amide bonds. The summed E-state index contributed by atoms with van der Waals surface area (Å²) in [5.41, 5.74) is 0. The normalized spacial score (nSPS) is 17.7. The zero-order valence-corrected chi connectivity index (χ0v) is 66.2. The van der Waals surface area contributed by atoms with E-state index in [0.717, 1.165) is 71.1 Å². The molecule has 9 aliphatic rings. The van der Waals surface area contributed by atoms with E-state index in [4.69, 9.17) is 0 Å². The number of likely N-dealkylation sites (tertiary alicyclic amines) is 2. The van der Waals surface area contributed by atoms with Gasteiger partial charge in [-0.3, -0.25) is 24.5 Å². The second-order valence-electron chi connectivity index (χ2n) is 29.2. The highest BCUT2D eigenvalue weighted by atomic mass is 15.5. The lowest BCUT2D eigenvalue weighted by Crippen LogP contribution is -2.29. The van der Waals surface area contributed by atoms with Crippen LogP contribution in [0.1, 0.15) is 229 Å². The summed E-state index contributed by atoms with van der Waals surface area (Å²) in [4.78, 5) is 27.0. The van der Waals surface area contributed by atoms with Crippen LogP contribution in [0.4, 0.5) is 0 Å². The molecule has 12 rings (SSSR count). The largest absolute Gasteiger partial charge is 0.375 e. The first-order valence-corrected chi connectivity index (χ1v) is 37.6. The Labute approximate surface area is 591 Å². The standard InChI is InChI=1S/2C7H15N.3C7H13N.C7H11N.C6H14N2.2C6H12N2.C6H10N2.C6H12N2.C6H10N2/c6*1-7(2)8-5-3-4-6-8;4*1-6(2)8-4-3-7-5-8;2*1-6(2)8-5-3-4-7-8/h2*7H,3-6H2,1-2H3;2*3,5,7H,4,6H2,1-2H3;3-4,7H,5-6H2,1-2H3;3-7H,1-2H3;6-7H,3-5H2,1-2H3;5-6H,3-4H2,1-2H3;3-4,6-7H,5H2,1-2H3;3-6H,1-2H3;4,6H,3,5H2,1-2H3;3-6H,1-2H3. The average Bonchev–Trinajstić information content (AvgIpc) is 4.51. The highest BCUT2D eigenvalue weighted by molar-refractivity contribution is 5.58. The second-order valence-corrected chi connectivity index (χ2v) is 29.2. The van der Waals surface area contributed by atoms with Gasteiger partial charge in [-0.1, -0.05) is 24.3 Å². The van der Waals surface area contributed by atoms with E-state index in [1.165, 1.54) is 84.3 Å². The Kier molecular flexibility index (Phi) is 49.4. The third kappa shape index (κ3) is 42.4. The molecule has 0 unspecified atom stereocenters. The molecule has 9 aliphatic heterocycles. The van der Waals surface area contributed by atoms with Crippen LogP contribution in [0.5, 0.6) is 0 Å². The molecule has 12 heterocycles. The molecule has 2 N–H and O–H groups in total. The first-order valence-electron chi connectivity index (χ1n) is 37.6. The van der Waals surface area contributed by atoms with Crippen LogP contribution in [0.25, 0.3) is 0 Å². The van der Waals surface area contributed by atoms with Crippen molar-refractivity contribution in [2.45, 2.75) is 284 Å². The fourth-order valence-electron chi connectivity index (χ4n) is 10.4. The zero-order chi connectivity index (χ0) is 71.8. The molecule has 18 heteroatoms. The van der Waals surface area contributed by atoms with Crippen LogP contribution in [-0.4, -0.2) is 233 Å². The van der Waals surface area contributed by atoms with Crippen LogP contribution < -0.4 is 10.6 Å². The molecule has 3 aromatic rings. The van der Waals surface area contributed by atoms with Gasteiger partial charge in [-0.25, -0.2) is 4.98 Å². The summed E-state index contributed by atoms with van der Waals surface area (Å²) in [5.74, 6) is 0. The van der Waals surface area contributed by atoms with Gasteiger partial charge in [0.1, 0.15) is 0 Å². The van der Waals surface area contributed by atoms with Crippen LogP contribution in [0.2, 0.25) is 0 Å². The van der Waals surface area contributed by atoms with Crippen LogP contribution in [-0.2, 0) is 0 Å². The van der Waals surface area contributed by atoms with Crippen molar-refractivity contribution in [2.75, 3.05) is 98.4 Å². The van der Waals surface area contributed by atoms with Gasteiger partial charge in [0.05, 0.1) is 25.9 Å². The molecule has 96 heavy (non-hydrogen) atoms. The highest BCUT2D eigenvalue weighted by Gasteiger charge is 2.16.